The summed E-state index contributed by atoms with van der Waals surface area (Å²) in [6.07, 6.45) is 1.89. The van der Waals surface area contributed by atoms with Gasteiger partial charge in [-0.3, -0.25) is 0 Å². The summed E-state index contributed by atoms with van der Waals surface area (Å²) in [5, 5.41) is 6.81. The number of aryl methyl sites for hydroxylation is 1. The molecule has 1 aromatic heterocycles. The first-order chi connectivity index (χ1) is 10.7. The van der Waals surface area contributed by atoms with Gasteiger partial charge in [-0.2, -0.15) is 0 Å². The third-order valence-corrected chi connectivity index (χ3v) is 4.59. The zero-order chi connectivity index (χ0) is 15.4. The molecule has 118 valence electrons. The molecule has 0 saturated carbocycles. The van der Waals surface area contributed by atoms with Gasteiger partial charge in [0.2, 0.25) is 0 Å². The molecule has 1 N–H and O–H groups in total. The Morgan fingerprint density at radius 1 is 1.27 bits per heavy atom. The van der Waals surface area contributed by atoms with Crippen molar-refractivity contribution in [3.05, 3.63) is 39.8 Å². The van der Waals surface area contributed by atoms with Gasteiger partial charge < -0.3 is 14.8 Å². The summed E-state index contributed by atoms with van der Waals surface area (Å²) >= 11 is 1.71. The molecule has 1 atom stereocenters. The quantitative estimate of drug-likeness (QED) is 0.916. The predicted molar refractivity (Wildman–Crippen MR) is 89.0 cm³/mol. The molecule has 0 spiro atoms. The van der Waals surface area contributed by atoms with E-state index in [9.17, 15) is 0 Å². The van der Waals surface area contributed by atoms with Crippen molar-refractivity contribution >= 4 is 11.3 Å². The molecule has 5 heteroatoms. The highest BCUT2D eigenvalue weighted by Gasteiger charge is 2.13. The summed E-state index contributed by atoms with van der Waals surface area (Å²) < 4.78 is 11.4. The number of nitrogens with one attached hydrogen (secondary N) is 1. The molecule has 4 nitrogen and oxygen atoms in total. The number of benzene rings is 1. The van der Waals surface area contributed by atoms with Crippen LogP contribution in [0.2, 0.25) is 0 Å². The Kier molecular flexibility index (Phi) is 4.95. The lowest BCUT2D eigenvalue weighted by Crippen LogP contribution is -2.21. The first kappa shape index (κ1) is 15.3. The van der Waals surface area contributed by atoms with Gasteiger partial charge in [-0.15, -0.1) is 11.3 Å². The van der Waals surface area contributed by atoms with E-state index in [1.54, 1.807) is 11.3 Å². The highest BCUT2D eigenvalue weighted by Crippen LogP contribution is 2.32. The summed E-state index contributed by atoms with van der Waals surface area (Å²) in [5.41, 5.74) is 2.39. The van der Waals surface area contributed by atoms with Crippen molar-refractivity contribution < 1.29 is 9.47 Å². The Morgan fingerprint density at radius 2 is 2.09 bits per heavy atom. The number of thiazole rings is 1. The summed E-state index contributed by atoms with van der Waals surface area (Å²) in [6, 6.07) is 6.48. The average molecular weight is 318 g/mol. The number of rotatable bonds is 5. The SMILES string of the molecule is Cc1nc(CCN[C@@H](C)c2ccc3c(c2)OCCCO3)cs1. The molecule has 0 aliphatic carbocycles. The molecule has 1 aromatic carbocycles. The smallest absolute Gasteiger partial charge is 0.161 e. The molecule has 3 rings (SSSR count). The maximum Gasteiger partial charge on any atom is 0.161 e. The highest BCUT2D eigenvalue weighted by molar-refractivity contribution is 7.09. The number of aromatic nitrogens is 1. The number of hydrogen-bond donors (Lipinski definition) is 1. The molecule has 0 amide bonds. The number of ether oxygens (including phenoxy) is 2. The monoisotopic (exact) mass is 318 g/mol. The maximum atomic E-state index is 5.75. The number of hydrogen-bond acceptors (Lipinski definition) is 5. The van der Waals surface area contributed by atoms with Crippen molar-refractivity contribution in [3.63, 3.8) is 0 Å². The molecular weight excluding hydrogens is 296 g/mol. The molecule has 0 bridgehead atoms. The van der Waals surface area contributed by atoms with Gasteiger partial charge in [0, 0.05) is 30.8 Å². The first-order valence-electron chi connectivity index (χ1n) is 7.76. The van der Waals surface area contributed by atoms with Crippen molar-refractivity contribution in [1.29, 1.82) is 0 Å². The summed E-state index contributed by atoms with van der Waals surface area (Å²) in [7, 11) is 0. The van der Waals surface area contributed by atoms with Gasteiger partial charge >= 0.3 is 0 Å². The maximum absolute atomic E-state index is 5.75. The molecule has 0 saturated heterocycles. The lowest BCUT2D eigenvalue weighted by atomic mass is 10.1. The van der Waals surface area contributed by atoms with Crippen LogP contribution in [-0.2, 0) is 6.42 Å². The fourth-order valence-corrected chi connectivity index (χ4v) is 3.15. The highest BCUT2D eigenvalue weighted by atomic mass is 32.1. The van der Waals surface area contributed by atoms with Crippen LogP contribution in [-0.4, -0.2) is 24.7 Å². The molecule has 1 aliphatic rings. The Bertz CT molecular complexity index is 627. The van der Waals surface area contributed by atoms with Crippen LogP contribution in [0.5, 0.6) is 11.5 Å². The van der Waals surface area contributed by atoms with E-state index in [0.717, 1.165) is 49.1 Å². The van der Waals surface area contributed by atoms with Crippen LogP contribution in [0, 0.1) is 6.92 Å². The predicted octanol–water partition coefficient (Wildman–Crippen LogP) is 3.51. The van der Waals surface area contributed by atoms with Gasteiger partial charge in [0.05, 0.1) is 23.9 Å². The third kappa shape index (κ3) is 3.78. The van der Waals surface area contributed by atoms with Crippen LogP contribution < -0.4 is 14.8 Å². The van der Waals surface area contributed by atoms with Gasteiger partial charge in [-0.05, 0) is 31.5 Å². The van der Waals surface area contributed by atoms with Crippen LogP contribution in [0.4, 0.5) is 0 Å². The second-order valence-corrected chi connectivity index (χ2v) is 6.60. The molecule has 22 heavy (non-hydrogen) atoms. The standard InChI is InChI=1S/C17H22N2O2S/c1-12(18-7-6-15-11-22-13(2)19-15)14-4-5-16-17(10-14)21-9-3-8-20-16/h4-5,10-12,18H,3,6-9H2,1-2H3/t12-/m0/s1. The van der Waals surface area contributed by atoms with Crippen molar-refractivity contribution in [1.82, 2.24) is 10.3 Å². The first-order valence-corrected chi connectivity index (χ1v) is 8.64. The largest absolute Gasteiger partial charge is 0.490 e. The van der Waals surface area contributed by atoms with E-state index < -0.39 is 0 Å². The topological polar surface area (TPSA) is 43.4 Å². The summed E-state index contributed by atoms with van der Waals surface area (Å²) in [4.78, 5) is 4.49. The van der Waals surface area contributed by atoms with E-state index in [2.05, 4.69) is 34.7 Å². The minimum Gasteiger partial charge on any atom is -0.490 e. The van der Waals surface area contributed by atoms with E-state index in [-0.39, 0.29) is 6.04 Å². The van der Waals surface area contributed by atoms with Crippen molar-refractivity contribution in [2.75, 3.05) is 19.8 Å². The molecule has 0 unspecified atom stereocenters. The Labute approximate surface area is 135 Å². The Balaban J connectivity index is 1.57. The second kappa shape index (κ2) is 7.11. The van der Waals surface area contributed by atoms with E-state index in [4.69, 9.17) is 9.47 Å². The van der Waals surface area contributed by atoms with Gasteiger partial charge in [0.1, 0.15) is 0 Å². The zero-order valence-electron chi connectivity index (χ0n) is 13.1. The molecular formula is C17H22N2O2S. The molecule has 0 fully saturated rings. The second-order valence-electron chi connectivity index (χ2n) is 5.54. The normalized spacial score (nSPS) is 15.4. The van der Waals surface area contributed by atoms with Crippen LogP contribution in [0.3, 0.4) is 0 Å². The van der Waals surface area contributed by atoms with Gasteiger partial charge in [0.25, 0.3) is 0 Å². The van der Waals surface area contributed by atoms with Crippen LogP contribution in [0.25, 0.3) is 0 Å². The van der Waals surface area contributed by atoms with Crippen molar-refractivity contribution in [2.24, 2.45) is 0 Å². The fraction of sp³-hybridized carbons (Fsp3) is 0.471. The van der Waals surface area contributed by atoms with E-state index in [1.165, 1.54) is 11.3 Å². The number of nitrogens with zero attached hydrogens (tertiary/aromatic N) is 1. The van der Waals surface area contributed by atoms with Crippen LogP contribution in [0.15, 0.2) is 23.6 Å². The van der Waals surface area contributed by atoms with E-state index >= 15 is 0 Å². The molecule has 2 aromatic rings. The molecule has 0 radical (unpaired) electrons. The summed E-state index contributed by atoms with van der Waals surface area (Å²) in [5.74, 6) is 1.71. The average Bonchev–Trinajstić information content (AvgIpc) is 2.80. The van der Waals surface area contributed by atoms with Crippen molar-refractivity contribution in [3.8, 4) is 11.5 Å². The minimum atomic E-state index is 0.275. The van der Waals surface area contributed by atoms with Crippen LogP contribution in [0.1, 0.15) is 35.7 Å². The molecule has 2 heterocycles. The lowest BCUT2D eigenvalue weighted by Gasteiger charge is -2.16. The number of fused-ring (bicyclic) bond motifs is 1. The third-order valence-electron chi connectivity index (χ3n) is 3.77. The lowest BCUT2D eigenvalue weighted by molar-refractivity contribution is 0.297. The molecule has 1 aliphatic heterocycles. The fourth-order valence-electron chi connectivity index (χ4n) is 2.51. The Morgan fingerprint density at radius 3 is 2.86 bits per heavy atom. The Hall–Kier alpha value is -1.59. The van der Waals surface area contributed by atoms with Gasteiger partial charge in [-0.25, -0.2) is 4.98 Å². The van der Waals surface area contributed by atoms with E-state index in [0.29, 0.717) is 0 Å². The van der Waals surface area contributed by atoms with Gasteiger partial charge in [0.15, 0.2) is 11.5 Å². The van der Waals surface area contributed by atoms with E-state index in [1.807, 2.05) is 13.0 Å². The van der Waals surface area contributed by atoms with Crippen LogP contribution >= 0.6 is 11.3 Å². The van der Waals surface area contributed by atoms with Crippen molar-refractivity contribution in [2.45, 2.75) is 32.7 Å². The van der Waals surface area contributed by atoms with Gasteiger partial charge in [-0.1, -0.05) is 6.07 Å². The summed E-state index contributed by atoms with van der Waals surface area (Å²) in [6.45, 7) is 6.58. The zero-order valence-corrected chi connectivity index (χ0v) is 13.9. The minimum absolute atomic E-state index is 0.275.